The normalized spacial score (nSPS) is 21.8. The van der Waals surface area contributed by atoms with Gasteiger partial charge >= 0.3 is 0 Å². The lowest BCUT2D eigenvalue weighted by atomic mass is 9.96. The summed E-state index contributed by atoms with van der Waals surface area (Å²) < 4.78 is 26.7. The molecule has 1 saturated heterocycles. The highest BCUT2D eigenvalue weighted by molar-refractivity contribution is 7.89. The van der Waals surface area contributed by atoms with Gasteiger partial charge in [0.15, 0.2) is 0 Å². The first-order valence-corrected chi connectivity index (χ1v) is 8.80. The zero-order chi connectivity index (χ0) is 14.6. The van der Waals surface area contributed by atoms with Crippen LogP contribution in [0.3, 0.4) is 0 Å². The fourth-order valence-electron chi connectivity index (χ4n) is 2.88. The van der Waals surface area contributed by atoms with Crippen LogP contribution < -0.4 is 0 Å². The number of aromatic amines is 1. The molecule has 5 nitrogen and oxygen atoms in total. The van der Waals surface area contributed by atoms with Gasteiger partial charge in [0.05, 0.1) is 11.5 Å². The highest BCUT2D eigenvalue weighted by Crippen LogP contribution is 2.26. The number of rotatable bonds is 5. The number of nitrogens with one attached hydrogen (secondary N) is 1. The lowest BCUT2D eigenvalue weighted by Gasteiger charge is -2.19. The fourth-order valence-corrected chi connectivity index (χ4v) is 4.40. The van der Waals surface area contributed by atoms with Gasteiger partial charge in [-0.2, -0.15) is 4.31 Å². The van der Waals surface area contributed by atoms with Gasteiger partial charge in [0.2, 0.25) is 10.0 Å². The van der Waals surface area contributed by atoms with Crippen molar-refractivity contribution in [2.75, 3.05) is 13.1 Å². The van der Waals surface area contributed by atoms with Crippen molar-refractivity contribution in [3.63, 3.8) is 0 Å². The Morgan fingerprint density at radius 1 is 1.40 bits per heavy atom. The van der Waals surface area contributed by atoms with Crippen LogP contribution in [0.25, 0.3) is 0 Å². The molecule has 1 aliphatic rings. The van der Waals surface area contributed by atoms with Crippen LogP contribution in [0, 0.1) is 5.92 Å². The molecule has 0 bridgehead atoms. The van der Waals surface area contributed by atoms with Gasteiger partial charge in [-0.15, -0.1) is 0 Å². The fraction of sp³-hybridized carbons (Fsp3) is 0.714. The number of sulfonamides is 1. The van der Waals surface area contributed by atoms with Crippen LogP contribution >= 0.6 is 0 Å². The van der Waals surface area contributed by atoms with Crippen LogP contribution in [-0.4, -0.2) is 35.9 Å². The van der Waals surface area contributed by atoms with Crippen LogP contribution in [0.4, 0.5) is 0 Å². The van der Waals surface area contributed by atoms with E-state index in [1.165, 1.54) is 18.7 Å². The molecular formula is C14H24N2O3S. The predicted molar refractivity (Wildman–Crippen MR) is 77.7 cm³/mol. The summed E-state index contributed by atoms with van der Waals surface area (Å²) >= 11 is 0. The Morgan fingerprint density at radius 3 is 2.85 bits per heavy atom. The third kappa shape index (κ3) is 3.42. The number of aliphatic hydroxyl groups is 1. The topological polar surface area (TPSA) is 73.4 Å². The van der Waals surface area contributed by atoms with Crippen LogP contribution in [0.1, 0.15) is 44.7 Å². The van der Waals surface area contributed by atoms with E-state index in [1.54, 1.807) is 4.31 Å². The van der Waals surface area contributed by atoms with Gasteiger partial charge in [-0.3, -0.25) is 0 Å². The molecule has 114 valence electrons. The largest absolute Gasteiger partial charge is 0.390 e. The van der Waals surface area contributed by atoms with Crippen molar-refractivity contribution >= 4 is 10.0 Å². The third-order valence-electron chi connectivity index (χ3n) is 4.03. The Hall–Kier alpha value is -0.850. The number of aromatic nitrogens is 1. The Kier molecular flexibility index (Phi) is 5.23. The minimum atomic E-state index is -3.42. The highest BCUT2D eigenvalue weighted by atomic mass is 32.2. The number of hydrogen-bond acceptors (Lipinski definition) is 3. The Bertz CT molecular complexity index is 524. The molecule has 1 aliphatic heterocycles. The quantitative estimate of drug-likeness (QED) is 0.874. The SMILES string of the molecule is CCCC1CCCN(S(=O)(=O)c2c[nH]c(CO)c2)CC1. The molecule has 1 unspecified atom stereocenters. The maximum atomic E-state index is 12.6. The van der Waals surface area contributed by atoms with Crippen molar-refractivity contribution in [1.82, 2.24) is 9.29 Å². The second kappa shape index (κ2) is 6.74. The van der Waals surface area contributed by atoms with Crippen LogP contribution in [0.5, 0.6) is 0 Å². The summed E-state index contributed by atoms with van der Waals surface area (Å²) in [7, 11) is -3.42. The molecule has 1 atom stereocenters. The average molecular weight is 300 g/mol. The molecule has 1 fully saturated rings. The van der Waals surface area contributed by atoms with Crippen molar-refractivity contribution in [3.8, 4) is 0 Å². The minimum absolute atomic E-state index is 0.173. The molecule has 0 saturated carbocycles. The first-order chi connectivity index (χ1) is 9.57. The first kappa shape index (κ1) is 15.5. The molecule has 0 aliphatic carbocycles. The standard InChI is InChI=1S/C14H24N2O3S/c1-2-4-12-5-3-7-16(8-6-12)20(18,19)14-9-13(11-17)15-10-14/h9-10,12,15,17H,2-8,11H2,1H3. The van der Waals surface area contributed by atoms with E-state index < -0.39 is 10.0 Å². The number of hydrogen-bond donors (Lipinski definition) is 2. The second-order valence-corrected chi connectivity index (χ2v) is 7.45. The van der Waals surface area contributed by atoms with Gasteiger partial charge in [0, 0.05) is 25.0 Å². The number of aliphatic hydroxyl groups excluding tert-OH is 1. The van der Waals surface area contributed by atoms with Gasteiger partial charge in [0.1, 0.15) is 0 Å². The molecule has 0 aromatic carbocycles. The van der Waals surface area contributed by atoms with Gasteiger partial charge in [-0.05, 0) is 31.2 Å². The molecule has 0 amide bonds. The van der Waals surface area contributed by atoms with Gasteiger partial charge in [-0.1, -0.05) is 19.8 Å². The van der Waals surface area contributed by atoms with Crippen molar-refractivity contribution in [2.45, 2.75) is 50.5 Å². The van der Waals surface area contributed by atoms with Crippen LogP contribution in [0.2, 0.25) is 0 Å². The van der Waals surface area contributed by atoms with Crippen molar-refractivity contribution in [1.29, 1.82) is 0 Å². The van der Waals surface area contributed by atoms with E-state index in [0.29, 0.717) is 24.7 Å². The Morgan fingerprint density at radius 2 is 2.20 bits per heavy atom. The Balaban J connectivity index is 2.09. The maximum Gasteiger partial charge on any atom is 0.244 e. The predicted octanol–water partition coefficient (Wildman–Crippen LogP) is 2.10. The molecule has 0 radical (unpaired) electrons. The molecule has 0 spiro atoms. The van der Waals surface area contributed by atoms with Crippen molar-refractivity contribution in [2.24, 2.45) is 5.92 Å². The molecule has 20 heavy (non-hydrogen) atoms. The molecule has 6 heteroatoms. The van der Waals surface area contributed by atoms with Crippen LogP contribution in [0.15, 0.2) is 17.2 Å². The zero-order valence-corrected chi connectivity index (χ0v) is 12.8. The van der Waals surface area contributed by atoms with E-state index in [-0.39, 0.29) is 11.5 Å². The second-order valence-electron chi connectivity index (χ2n) is 5.51. The van der Waals surface area contributed by atoms with Crippen molar-refractivity contribution < 1.29 is 13.5 Å². The third-order valence-corrected chi connectivity index (χ3v) is 5.90. The number of nitrogens with zero attached hydrogens (tertiary/aromatic N) is 1. The average Bonchev–Trinajstić information content (AvgIpc) is 2.80. The smallest absolute Gasteiger partial charge is 0.244 e. The Labute approximate surface area is 121 Å². The van der Waals surface area contributed by atoms with Crippen molar-refractivity contribution in [3.05, 3.63) is 18.0 Å². The van der Waals surface area contributed by atoms with E-state index >= 15 is 0 Å². The summed E-state index contributed by atoms with van der Waals surface area (Å²) in [4.78, 5) is 3.05. The van der Waals surface area contributed by atoms with E-state index in [4.69, 9.17) is 5.11 Å². The molecule has 2 rings (SSSR count). The van der Waals surface area contributed by atoms with Gasteiger partial charge in [0.25, 0.3) is 0 Å². The summed E-state index contributed by atoms with van der Waals surface area (Å²) in [6.45, 7) is 3.21. The lowest BCUT2D eigenvalue weighted by Crippen LogP contribution is -2.31. The molecule has 1 aromatic rings. The van der Waals surface area contributed by atoms with Gasteiger partial charge < -0.3 is 10.1 Å². The summed E-state index contributed by atoms with van der Waals surface area (Å²) in [5.74, 6) is 0.652. The highest BCUT2D eigenvalue weighted by Gasteiger charge is 2.28. The molecule has 2 N–H and O–H groups in total. The minimum Gasteiger partial charge on any atom is -0.390 e. The molecule has 1 aromatic heterocycles. The van der Waals surface area contributed by atoms with E-state index in [0.717, 1.165) is 25.7 Å². The lowest BCUT2D eigenvalue weighted by molar-refractivity contribution is 0.277. The molecular weight excluding hydrogens is 276 g/mol. The van der Waals surface area contributed by atoms with Gasteiger partial charge in [-0.25, -0.2) is 8.42 Å². The summed E-state index contributed by atoms with van der Waals surface area (Å²) in [5.41, 5.74) is 0.530. The summed E-state index contributed by atoms with van der Waals surface area (Å²) in [6.07, 6.45) is 6.82. The maximum absolute atomic E-state index is 12.6. The van der Waals surface area contributed by atoms with E-state index in [2.05, 4.69) is 11.9 Å². The number of H-pyrrole nitrogens is 1. The summed E-state index contributed by atoms with van der Waals surface area (Å²) in [5, 5.41) is 9.03. The monoisotopic (exact) mass is 300 g/mol. The van der Waals surface area contributed by atoms with E-state index in [1.807, 2.05) is 0 Å². The zero-order valence-electron chi connectivity index (χ0n) is 12.0. The van der Waals surface area contributed by atoms with E-state index in [9.17, 15) is 8.42 Å². The van der Waals surface area contributed by atoms with Crippen LogP contribution in [-0.2, 0) is 16.6 Å². The first-order valence-electron chi connectivity index (χ1n) is 7.36. The molecule has 2 heterocycles. The summed E-state index contributed by atoms with van der Waals surface area (Å²) in [6, 6.07) is 1.52.